The van der Waals surface area contributed by atoms with Gasteiger partial charge < -0.3 is 5.32 Å². The Morgan fingerprint density at radius 3 is 2.61 bits per heavy atom. The SMILES string of the molecule is CSc1cc(C(=O)CSc2nccn2-c2ccc(Br)cc2)ccc1NC(C)=O. The van der Waals surface area contributed by atoms with E-state index in [9.17, 15) is 9.59 Å². The number of benzene rings is 2. The Kier molecular flexibility index (Phi) is 6.98. The summed E-state index contributed by atoms with van der Waals surface area (Å²) in [4.78, 5) is 29.2. The molecule has 2 aromatic carbocycles. The maximum atomic E-state index is 12.7. The maximum Gasteiger partial charge on any atom is 0.221 e. The van der Waals surface area contributed by atoms with Crippen LogP contribution in [-0.2, 0) is 4.79 Å². The first-order valence-corrected chi connectivity index (χ1v) is 11.4. The molecule has 0 saturated carbocycles. The molecule has 0 aliphatic heterocycles. The third-order valence-corrected chi connectivity index (χ3v) is 6.15. The van der Waals surface area contributed by atoms with Crippen molar-refractivity contribution < 1.29 is 9.59 Å². The summed E-state index contributed by atoms with van der Waals surface area (Å²) in [6, 6.07) is 13.3. The van der Waals surface area contributed by atoms with Gasteiger partial charge in [0.2, 0.25) is 5.91 Å². The van der Waals surface area contributed by atoms with Gasteiger partial charge in [-0.1, -0.05) is 27.7 Å². The molecule has 0 aliphatic rings. The second-order valence-electron chi connectivity index (χ2n) is 5.86. The molecule has 0 unspecified atom stereocenters. The molecule has 0 fully saturated rings. The molecule has 0 aliphatic carbocycles. The van der Waals surface area contributed by atoms with Crippen LogP contribution in [0.4, 0.5) is 5.69 Å². The molecule has 0 spiro atoms. The molecule has 0 atom stereocenters. The number of Topliss-reactive ketones (excluding diaryl/α,β-unsaturated/α-hetero) is 1. The van der Waals surface area contributed by atoms with Crippen LogP contribution in [-0.4, -0.2) is 33.3 Å². The van der Waals surface area contributed by atoms with E-state index < -0.39 is 0 Å². The number of nitrogens with zero attached hydrogens (tertiary/aromatic N) is 2. The smallest absolute Gasteiger partial charge is 0.221 e. The van der Waals surface area contributed by atoms with Gasteiger partial charge >= 0.3 is 0 Å². The van der Waals surface area contributed by atoms with Crippen LogP contribution in [0.2, 0.25) is 0 Å². The average Bonchev–Trinajstić information content (AvgIpc) is 3.15. The lowest BCUT2D eigenvalue weighted by Gasteiger charge is -2.10. The normalized spacial score (nSPS) is 10.7. The van der Waals surface area contributed by atoms with E-state index in [1.807, 2.05) is 47.4 Å². The van der Waals surface area contributed by atoms with E-state index in [2.05, 4.69) is 26.2 Å². The minimum atomic E-state index is -0.135. The van der Waals surface area contributed by atoms with Gasteiger partial charge in [-0.2, -0.15) is 0 Å². The van der Waals surface area contributed by atoms with Gasteiger partial charge in [0, 0.05) is 39.9 Å². The highest BCUT2D eigenvalue weighted by molar-refractivity contribution is 9.10. The minimum Gasteiger partial charge on any atom is -0.325 e. The fourth-order valence-corrected chi connectivity index (χ4v) is 4.28. The van der Waals surface area contributed by atoms with Gasteiger partial charge in [-0.25, -0.2) is 4.98 Å². The maximum absolute atomic E-state index is 12.7. The van der Waals surface area contributed by atoms with Gasteiger partial charge in [0.15, 0.2) is 10.9 Å². The molecular weight excluding hydrogens is 458 g/mol. The van der Waals surface area contributed by atoms with Gasteiger partial charge in [0.05, 0.1) is 11.4 Å². The van der Waals surface area contributed by atoms with E-state index in [-0.39, 0.29) is 17.4 Å². The summed E-state index contributed by atoms with van der Waals surface area (Å²) < 4.78 is 2.96. The van der Waals surface area contributed by atoms with Gasteiger partial charge in [0.1, 0.15) is 0 Å². The quantitative estimate of drug-likeness (QED) is 0.371. The minimum absolute atomic E-state index is 0.0139. The molecular formula is C20H18BrN3O2S2. The van der Waals surface area contributed by atoms with Crippen LogP contribution in [0.3, 0.4) is 0 Å². The van der Waals surface area contributed by atoms with Crippen molar-refractivity contribution in [3.8, 4) is 5.69 Å². The number of rotatable bonds is 7. The molecule has 1 heterocycles. The van der Waals surface area contributed by atoms with Crippen LogP contribution in [0.25, 0.3) is 5.69 Å². The number of anilines is 1. The van der Waals surface area contributed by atoms with E-state index >= 15 is 0 Å². The number of carbonyl (C=O) groups excluding carboxylic acids is 2. The fourth-order valence-electron chi connectivity index (χ4n) is 2.57. The highest BCUT2D eigenvalue weighted by atomic mass is 79.9. The Morgan fingerprint density at radius 1 is 1.18 bits per heavy atom. The van der Waals surface area contributed by atoms with Crippen molar-refractivity contribution in [3.05, 3.63) is 64.9 Å². The number of nitrogens with one attached hydrogen (secondary N) is 1. The predicted molar refractivity (Wildman–Crippen MR) is 119 cm³/mol. The van der Waals surface area contributed by atoms with Crippen LogP contribution in [0, 0.1) is 0 Å². The molecule has 1 N–H and O–H groups in total. The zero-order chi connectivity index (χ0) is 20.1. The highest BCUT2D eigenvalue weighted by Gasteiger charge is 2.13. The largest absolute Gasteiger partial charge is 0.325 e. The molecule has 1 amide bonds. The van der Waals surface area contributed by atoms with Crippen molar-refractivity contribution in [2.45, 2.75) is 17.0 Å². The summed E-state index contributed by atoms with van der Waals surface area (Å²) >= 11 is 6.32. The molecule has 1 aromatic heterocycles. The Balaban J connectivity index is 1.72. The Bertz CT molecular complexity index is 1000. The summed E-state index contributed by atoms with van der Waals surface area (Å²) in [6.07, 6.45) is 5.52. The molecule has 5 nitrogen and oxygen atoms in total. The van der Waals surface area contributed by atoms with Gasteiger partial charge in [-0.3, -0.25) is 14.2 Å². The third-order valence-electron chi connectivity index (χ3n) is 3.88. The Labute approximate surface area is 180 Å². The summed E-state index contributed by atoms with van der Waals surface area (Å²) in [6.45, 7) is 1.47. The molecule has 8 heteroatoms. The van der Waals surface area contributed by atoms with Crippen molar-refractivity contribution in [2.24, 2.45) is 0 Å². The predicted octanol–water partition coefficient (Wildman–Crippen LogP) is 5.29. The Hall–Kier alpha value is -2.03. The molecule has 3 aromatic rings. The standard InChI is InChI=1S/C20H18BrN3O2S2/c1-13(25)23-17-8-3-14(11-19(17)27-2)18(26)12-28-20-22-9-10-24(20)16-6-4-15(21)5-7-16/h3-11H,12H2,1-2H3,(H,23,25). The summed E-state index contributed by atoms with van der Waals surface area (Å²) in [5, 5.41) is 3.54. The van der Waals surface area contributed by atoms with Crippen LogP contribution in [0.1, 0.15) is 17.3 Å². The first-order chi connectivity index (χ1) is 13.5. The lowest BCUT2D eigenvalue weighted by Crippen LogP contribution is -2.08. The first-order valence-electron chi connectivity index (χ1n) is 8.39. The van der Waals surface area contributed by atoms with Crippen LogP contribution < -0.4 is 5.32 Å². The van der Waals surface area contributed by atoms with E-state index in [4.69, 9.17) is 0 Å². The van der Waals surface area contributed by atoms with E-state index in [1.165, 1.54) is 30.4 Å². The number of amides is 1. The number of carbonyl (C=O) groups is 2. The van der Waals surface area contributed by atoms with E-state index in [1.54, 1.807) is 18.3 Å². The fraction of sp³-hybridized carbons (Fsp3) is 0.150. The zero-order valence-electron chi connectivity index (χ0n) is 15.3. The molecule has 144 valence electrons. The molecule has 0 bridgehead atoms. The van der Waals surface area contributed by atoms with Crippen LogP contribution in [0.15, 0.2) is 69.4 Å². The second-order valence-corrected chi connectivity index (χ2v) is 8.57. The van der Waals surface area contributed by atoms with Crippen molar-refractivity contribution in [1.82, 2.24) is 9.55 Å². The number of halogens is 1. The first kappa shape index (κ1) is 20.7. The van der Waals surface area contributed by atoms with Crippen molar-refractivity contribution in [2.75, 3.05) is 17.3 Å². The number of aromatic nitrogens is 2. The molecule has 0 radical (unpaired) electrons. The third kappa shape index (κ3) is 5.06. The topological polar surface area (TPSA) is 64.0 Å². The lowest BCUT2D eigenvalue weighted by molar-refractivity contribution is -0.114. The average molecular weight is 476 g/mol. The second kappa shape index (κ2) is 9.45. The van der Waals surface area contributed by atoms with Gasteiger partial charge in [0.25, 0.3) is 0 Å². The number of ketones is 1. The van der Waals surface area contributed by atoms with Crippen LogP contribution >= 0.6 is 39.5 Å². The van der Waals surface area contributed by atoms with E-state index in [0.717, 1.165) is 25.9 Å². The summed E-state index contributed by atoms with van der Waals surface area (Å²) in [5.74, 6) is 0.158. The zero-order valence-corrected chi connectivity index (χ0v) is 18.5. The van der Waals surface area contributed by atoms with Crippen molar-refractivity contribution >= 4 is 56.8 Å². The van der Waals surface area contributed by atoms with Crippen molar-refractivity contribution in [1.29, 1.82) is 0 Å². The number of hydrogen-bond donors (Lipinski definition) is 1. The molecule has 3 rings (SSSR count). The monoisotopic (exact) mass is 475 g/mol. The van der Waals surface area contributed by atoms with E-state index in [0.29, 0.717) is 5.56 Å². The highest BCUT2D eigenvalue weighted by Crippen LogP contribution is 2.28. The molecule has 0 saturated heterocycles. The lowest BCUT2D eigenvalue weighted by atomic mass is 10.1. The summed E-state index contributed by atoms with van der Waals surface area (Å²) in [5.41, 5.74) is 2.32. The van der Waals surface area contributed by atoms with Gasteiger partial charge in [-0.05, 0) is 48.7 Å². The van der Waals surface area contributed by atoms with Gasteiger partial charge in [-0.15, -0.1) is 11.8 Å². The summed E-state index contributed by atoms with van der Waals surface area (Å²) in [7, 11) is 0. The molecule has 28 heavy (non-hydrogen) atoms. The Morgan fingerprint density at radius 2 is 1.93 bits per heavy atom. The van der Waals surface area contributed by atoms with Crippen LogP contribution in [0.5, 0.6) is 0 Å². The number of imidazole rings is 1. The van der Waals surface area contributed by atoms with Crippen molar-refractivity contribution in [3.63, 3.8) is 0 Å². The number of hydrogen-bond acceptors (Lipinski definition) is 5. The number of thioether (sulfide) groups is 2.